The minimum Gasteiger partial charge on any atom is -0.497 e. The van der Waals surface area contributed by atoms with Crippen molar-refractivity contribution < 1.29 is 27.4 Å². The van der Waals surface area contributed by atoms with Gasteiger partial charge in [-0.1, -0.05) is 24.3 Å². The molecule has 1 aliphatic heterocycles. The second-order valence-corrected chi connectivity index (χ2v) is 9.00. The fourth-order valence-corrected chi connectivity index (χ4v) is 5.02. The van der Waals surface area contributed by atoms with E-state index in [0.717, 1.165) is 23.2 Å². The number of benzene rings is 3. The van der Waals surface area contributed by atoms with Crippen molar-refractivity contribution in [1.29, 1.82) is 0 Å². The summed E-state index contributed by atoms with van der Waals surface area (Å²) < 4.78 is 47.6. The molecule has 3 aromatic carbocycles. The molecule has 3 aromatic rings. The zero-order chi connectivity index (χ0) is 22.2. The number of methoxy groups -OCH3 is 1. The van der Waals surface area contributed by atoms with Crippen molar-refractivity contribution in [3.05, 3.63) is 60.4 Å². The second kappa shape index (κ2) is 8.07. The lowest BCUT2D eigenvalue weighted by Crippen LogP contribution is -2.23. The van der Waals surface area contributed by atoms with E-state index in [9.17, 15) is 22.7 Å². The Hall–Kier alpha value is -3.33. The van der Waals surface area contributed by atoms with Gasteiger partial charge in [0.1, 0.15) is 16.5 Å². The molecule has 0 unspecified atom stereocenters. The summed E-state index contributed by atoms with van der Waals surface area (Å²) in [5.74, 6) is -1.92. The van der Waals surface area contributed by atoms with Gasteiger partial charge in [-0.3, -0.25) is 9.52 Å². The van der Waals surface area contributed by atoms with Crippen molar-refractivity contribution in [1.82, 2.24) is 0 Å². The summed E-state index contributed by atoms with van der Waals surface area (Å²) in [5.41, 5.74) is 1.13. The Balaban J connectivity index is 1.72. The van der Waals surface area contributed by atoms with E-state index in [1.807, 2.05) is 17.0 Å². The molecule has 0 aromatic heterocycles. The number of carbonyl (C=O) groups is 1. The van der Waals surface area contributed by atoms with Crippen molar-refractivity contribution >= 4 is 38.1 Å². The Morgan fingerprint density at radius 2 is 1.90 bits per heavy atom. The van der Waals surface area contributed by atoms with Crippen LogP contribution in [0.2, 0.25) is 0 Å². The number of hydrogen-bond donors (Lipinski definition) is 2. The zero-order valence-electron chi connectivity index (χ0n) is 16.7. The van der Waals surface area contributed by atoms with Gasteiger partial charge in [0, 0.05) is 35.6 Å². The molecule has 1 saturated heterocycles. The van der Waals surface area contributed by atoms with Crippen LogP contribution in [0.25, 0.3) is 10.8 Å². The molecule has 0 radical (unpaired) electrons. The molecule has 1 aliphatic rings. The number of hydrogen-bond acceptors (Lipinski definition) is 5. The van der Waals surface area contributed by atoms with Gasteiger partial charge in [-0.05, 0) is 30.7 Å². The Morgan fingerprint density at radius 1 is 1.16 bits per heavy atom. The first-order valence-corrected chi connectivity index (χ1v) is 11.1. The van der Waals surface area contributed by atoms with Crippen LogP contribution in [0, 0.1) is 11.7 Å². The van der Waals surface area contributed by atoms with E-state index in [0.29, 0.717) is 30.6 Å². The molecular weight excluding hydrogens is 423 g/mol. The van der Waals surface area contributed by atoms with Gasteiger partial charge in [-0.25, -0.2) is 12.8 Å². The number of rotatable bonds is 6. The second-order valence-electron chi connectivity index (χ2n) is 7.35. The number of nitrogens with one attached hydrogen (secondary N) is 1. The first-order chi connectivity index (χ1) is 14.8. The average molecular weight is 444 g/mol. The maximum atomic E-state index is 14.3. The van der Waals surface area contributed by atoms with Crippen LogP contribution < -0.4 is 14.4 Å². The number of fused-ring (bicyclic) bond motifs is 1. The summed E-state index contributed by atoms with van der Waals surface area (Å²) in [6.45, 7) is 0.987. The van der Waals surface area contributed by atoms with E-state index < -0.39 is 32.6 Å². The lowest BCUT2D eigenvalue weighted by Gasteiger charge is -2.22. The molecule has 162 valence electrons. The van der Waals surface area contributed by atoms with Crippen LogP contribution in [0.15, 0.2) is 59.5 Å². The third-order valence-electron chi connectivity index (χ3n) is 5.45. The Labute approximate surface area is 179 Å². The molecule has 1 heterocycles. The van der Waals surface area contributed by atoms with E-state index >= 15 is 0 Å². The lowest BCUT2D eigenvalue weighted by molar-refractivity contribution is -0.140. The van der Waals surface area contributed by atoms with Gasteiger partial charge in [-0.15, -0.1) is 0 Å². The minimum atomic E-state index is -4.22. The van der Waals surface area contributed by atoms with E-state index in [-0.39, 0.29) is 5.75 Å². The van der Waals surface area contributed by atoms with Gasteiger partial charge < -0.3 is 14.7 Å². The quantitative estimate of drug-likeness (QED) is 0.602. The average Bonchev–Trinajstić information content (AvgIpc) is 3.24. The maximum Gasteiger partial charge on any atom is 0.308 e. The number of carboxylic acid groups (broad SMARTS) is 1. The predicted octanol–water partition coefficient (Wildman–Crippen LogP) is 3.70. The molecule has 0 aliphatic carbocycles. The van der Waals surface area contributed by atoms with E-state index in [2.05, 4.69) is 4.72 Å². The molecule has 1 fully saturated rings. The molecule has 0 bridgehead atoms. The van der Waals surface area contributed by atoms with Crippen molar-refractivity contribution in [2.24, 2.45) is 5.92 Å². The smallest absolute Gasteiger partial charge is 0.308 e. The molecule has 1 atom stereocenters. The number of carboxylic acids is 1. The van der Waals surface area contributed by atoms with Gasteiger partial charge >= 0.3 is 5.97 Å². The maximum absolute atomic E-state index is 14.3. The van der Waals surface area contributed by atoms with Gasteiger partial charge in [0.25, 0.3) is 10.0 Å². The molecule has 9 heteroatoms. The molecule has 7 nitrogen and oxygen atoms in total. The summed E-state index contributed by atoms with van der Waals surface area (Å²) >= 11 is 0. The molecule has 0 saturated carbocycles. The molecular formula is C22H21FN2O5S. The van der Waals surface area contributed by atoms with Crippen LogP contribution in [0.1, 0.15) is 6.42 Å². The Morgan fingerprint density at radius 3 is 2.58 bits per heavy atom. The topological polar surface area (TPSA) is 95.9 Å². The minimum absolute atomic E-state index is 0.226. The van der Waals surface area contributed by atoms with E-state index in [1.54, 1.807) is 24.3 Å². The third kappa shape index (κ3) is 4.00. The summed E-state index contributed by atoms with van der Waals surface area (Å²) in [6.07, 6.45) is 0.549. The molecule has 0 amide bonds. The van der Waals surface area contributed by atoms with E-state index in [4.69, 9.17) is 4.74 Å². The third-order valence-corrected chi connectivity index (χ3v) is 6.83. The summed E-state index contributed by atoms with van der Waals surface area (Å²) in [7, 11) is -2.84. The number of ether oxygens (including phenoxy) is 1. The SMILES string of the molecule is COc1ccc(F)c(S(=O)(=O)Nc2ccc(N3CC[C@@H](C(=O)O)C3)c3ccccc23)c1. The molecule has 2 N–H and O–H groups in total. The van der Waals surface area contributed by atoms with Crippen molar-refractivity contribution in [2.45, 2.75) is 11.3 Å². The standard InChI is InChI=1S/C22H21FN2O5S/c1-30-15-6-7-18(23)21(12-15)31(28,29)24-19-8-9-20(17-5-3-2-4-16(17)19)25-11-10-14(13-25)22(26)27/h2-9,12,14,24H,10-11,13H2,1H3,(H,26,27)/t14-/m1/s1. The molecule has 31 heavy (non-hydrogen) atoms. The van der Waals surface area contributed by atoms with Gasteiger partial charge in [0.15, 0.2) is 0 Å². The molecule has 4 rings (SSSR count). The Bertz CT molecular complexity index is 1260. The summed E-state index contributed by atoms with van der Waals surface area (Å²) in [4.78, 5) is 12.8. The van der Waals surface area contributed by atoms with Crippen LogP contribution in [0.3, 0.4) is 0 Å². The number of halogens is 1. The van der Waals surface area contributed by atoms with Gasteiger partial charge in [0.05, 0.1) is 18.7 Å². The number of anilines is 2. The first-order valence-electron chi connectivity index (χ1n) is 9.66. The highest BCUT2D eigenvalue weighted by atomic mass is 32.2. The zero-order valence-corrected chi connectivity index (χ0v) is 17.5. The fraction of sp³-hybridized carbons (Fsp3) is 0.227. The normalized spacial score (nSPS) is 16.5. The van der Waals surface area contributed by atoms with Crippen molar-refractivity contribution in [3.63, 3.8) is 0 Å². The van der Waals surface area contributed by atoms with Crippen LogP contribution in [-0.4, -0.2) is 39.7 Å². The van der Waals surface area contributed by atoms with Crippen LogP contribution in [0.5, 0.6) is 5.75 Å². The largest absolute Gasteiger partial charge is 0.497 e. The van der Waals surface area contributed by atoms with Gasteiger partial charge in [0.2, 0.25) is 0 Å². The number of aliphatic carboxylic acids is 1. The fourth-order valence-electron chi connectivity index (χ4n) is 3.84. The van der Waals surface area contributed by atoms with E-state index in [1.165, 1.54) is 13.2 Å². The summed E-state index contributed by atoms with van der Waals surface area (Å²) in [5, 5.41) is 10.7. The number of nitrogens with zero attached hydrogens (tertiary/aromatic N) is 1. The van der Waals surface area contributed by atoms with Crippen LogP contribution in [0.4, 0.5) is 15.8 Å². The Kier molecular flexibility index (Phi) is 5.45. The monoisotopic (exact) mass is 444 g/mol. The van der Waals surface area contributed by atoms with Crippen LogP contribution in [-0.2, 0) is 14.8 Å². The number of sulfonamides is 1. The summed E-state index contributed by atoms with van der Waals surface area (Å²) in [6, 6.07) is 14.1. The van der Waals surface area contributed by atoms with Gasteiger partial charge in [-0.2, -0.15) is 0 Å². The van der Waals surface area contributed by atoms with Crippen LogP contribution >= 0.6 is 0 Å². The predicted molar refractivity (Wildman–Crippen MR) is 116 cm³/mol. The highest BCUT2D eigenvalue weighted by Crippen LogP contribution is 2.36. The lowest BCUT2D eigenvalue weighted by atomic mass is 10.1. The molecule has 0 spiro atoms. The van der Waals surface area contributed by atoms with Crippen molar-refractivity contribution in [3.8, 4) is 5.75 Å². The highest BCUT2D eigenvalue weighted by molar-refractivity contribution is 7.92. The highest BCUT2D eigenvalue weighted by Gasteiger charge is 2.29. The van der Waals surface area contributed by atoms with Crippen molar-refractivity contribution in [2.75, 3.05) is 29.8 Å². The first kappa shape index (κ1) is 20.9.